The Hall–Kier alpha value is -1.49. The Labute approximate surface area is 117 Å². The number of hydrogen-bond acceptors (Lipinski definition) is 2. The number of carbonyl (C=O) groups is 1. The van der Waals surface area contributed by atoms with E-state index in [0.717, 1.165) is 25.7 Å². The van der Waals surface area contributed by atoms with Crippen LogP contribution in [-0.4, -0.2) is 29.9 Å². The third kappa shape index (κ3) is 3.33. The number of nitrogens with zero attached hydrogens (tertiary/aromatic N) is 1. The van der Waals surface area contributed by atoms with Crippen LogP contribution in [0.25, 0.3) is 0 Å². The molecule has 0 saturated carbocycles. The summed E-state index contributed by atoms with van der Waals surface area (Å²) < 4.78 is 27.2. The van der Waals surface area contributed by atoms with Crippen molar-refractivity contribution < 1.29 is 13.6 Å². The Morgan fingerprint density at radius 3 is 2.65 bits per heavy atom. The Bertz CT molecular complexity index is 457. The van der Waals surface area contributed by atoms with Crippen LogP contribution in [0.3, 0.4) is 0 Å². The van der Waals surface area contributed by atoms with Crippen LogP contribution in [0.1, 0.15) is 31.2 Å². The minimum Gasteiger partial charge on any atom is -0.339 e. The Kier molecular flexibility index (Phi) is 5.06. The van der Waals surface area contributed by atoms with E-state index in [0.29, 0.717) is 13.1 Å². The van der Waals surface area contributed by atoms with E-state index < -0.39 is 11.6 Å². The Morgan fingerprint density at radius 1 is 1.30 bits per heavy atom. The molecule has 1 heterocycles. The minimum atomic E-state index is -0.661. The summed E-state index contributed by atoms with van der Waals surface area (Å²) in [5.74, 6) is -1.54. The molecule has 0 radical (unpaired) electrons. The zero-order valence-electron chi connectivity index (χ0n) is 11.4. The maximum absolute atomic E-state index is 13.6. The molecule has 1 aliphatic heterocycles. The molecule has 1 amide bonds. The lowest BCUT2D eigenvalue weighted by Crippen LogP contribution is -2.45. The van der Waals surface area contributed by atoms with E-state index in [-0.39, 0.29) is 23.9 Å². The molecule has 1 aliphatic rings. The third-order valence-corrected chi connectivity index (χ3v) is 3.84. The molecule has 20 heavy (non-hydrogen) atoms. The van der Waals surface area contributed by atoms with E-state index in [4.69, 9.17) is 5.73 Å². The van der Waals surface area contributed by atoms with Gasteiger partial charge in [-0.15, -0.1) is 0 Å². The van der Waals surface area contributed by atoms with Crippen molar-refractivity contribution in [3.63, 3.8) is 0 Å². The number of likely N-dealkylation sites (tertiary alicyclic amines) is 1. The molecule has 1 unspecified atom stereocenters. The molecule has 0 bridgehead atoms. The SMILES string of the molecule is NCCC1CCCCN1C(=O)Cc1c(F)cccc1F. The first-order valence-corrected chi connectivity index (χ1v) is 7.06. The molecule has 5 heteroatoms. The van der Waals surface area contributed by atoms with Gasteiger partial charge in [0.05, 0.1) is 6.42 Å². The van der Waals surface area contributed by atoms with Gasteiger partial charge < -0.3 is 10.6 Å². The van der Waals surface area contributed by atoms with Crippen molar-refractivity contribution in [2.24, 2.45) is 5.73 Å². The fraction of sp³-hybridized carbons (Fsp3) is 0.533. The number of amides is 1. The molecule has 3 nitrogen and oxygen atoms in total. The molecular formula is C15H20F2N2O. The molecule has 2 rings (SSSR count). The smallest absolute Gasteiger partial charge is 0.227 e. The van der Waals surface area contributed by atoms with Crippen LogP contribution in [0.4, 0.5) is 8.78 Å². The highest BCUT2D eigenvalue weighted by molar-refractivity contribution is 5.79. The molecule has 1 aromatic carbocycles. The molecule has 0 aliphatic carbocycles. The zero-order chi connectivity index (χ0) is 14.5. The van der Waals surface area contributed by atoms with Crippen molar-refractivity contribution in [3.05, 3.63) is 35.4 Å². The molecular weight excluding hydrogens is 262 g/mol. The average Bonchev–Trinajstić information content (AvgIpc) is 2.44. The first kappa shape index (κ1) is 14.9. The summed E-state index contributed by atoms with van der Waals surface area (Å²) in [5, 5.41) is 0. The predicted octanol–water partition coefficient (Wildman–Crippen LogP) is 2.24. The van der Waals surface area contributed by atoms with E-state index in [1.165, 1.54) is 18.2 Å². The van der Waals surface area contributed by atoms with Gasteiger partial charge in [0.15, 0.2) is 0 Å². The lowest BCUT2D eigenvalue weighted by atomic mass is 9.98. The summed E-state index contributed by atoms with van der Waals surface area (Å²) in [5.41, 5.74) is 5.42. The molecule has 1 saturated heterocycles. The van der Waals surface area contributed by atoms with Crippen LogP contribution in [0, 0.1) is 11.6 Å². The third-order valence-electron chi connectivity index (χ3n) is 3.84. The number of nitrogens with two attached hydrogens (primary N) is 1. The Balaban J connectivity index is 2.10. The lowest BCUT2D eigenvalue weighted by Gasteiger charge is -2.36. The summed E-state index contributed by atoms with van der Waals surface area (Å²) in [6.45, 7) is 1.17. The maximum Gasteiger partial charge on any atom is 0.227 e. The molecule has 0 aromatic heterocycles. The van der Waals surface area contributed by atoms with Crippen molar-refractivity contribution in [1.82, 2.24) is 4.90 Å². The Morgan fingerprint density at radius 2 is 2.00 bits per heavy atom. The number of rotatable bonds is 4. The summed E-state index contributed by atoms with van der Waals surface area (Å²) >= 11 is 0. The van der Waals surface area contributed by atoms with Crippen molar-refractivity contribution >= 4 is 5.91 Å². The van der Waals surface area contributed by atoms with Crippen molar-refractivity contribution in [3.8, 4) is 0 Å². The standard InChI is InChI=1S/C15H20F2N2O/c16-13-5-3-6-14(17)12(13)10-15(20)19-9-2-1-4-11(19)7-8-18/h3,5-6,11H,1-2,4,7-10,18H2. The number of carbonyl (C=O) groups excluding carboxylic acids is 1. The largest absolute Gasteiger partial charge is 0.339 e. The quantitative estimate of drug-likeness (QED) is 0.920. The second-order valence-electron chi connectivity index (χ2n) is 5.19. The van der Waals surface area contributed by atoms with Gasteiger partial charge in [-0.1, -0.05) is 6.07 Å². The normalized spacial score (nSPS) is 19.1. The molecule has 1 fully saturated rings. The van der Waals surface area contributed by atoms with E-state index >= 15 is 0 Å². The topological polar surface area (TPSA) is 46.3 Å². The summed E-state index contributed by atoms with van der Waals surface area (Å²) in [6.07, 6.45) is 3.45. The van der Waals surface area contributed by atoms with Crippen LogP contribution in [0.2, 0.25) is 0 Å². The molecule has 1 aromatic rings. The first-order valence-electron chi connectivity index (χ1n) is 7.06. The number of hydrogen-bond donors (Lipinski definition) is 1. The van der Waals surface area contributed by atoms with Gasteiger partial charge in [0.1, 0.15) is 11.6 Å². The number of halogens is 2. The second kappa shape index (κ2) is 6.79. The van der Waals surface area contributed by atoms with Gasteiger partial charge in [-0.05, 0) is 44.4 Å². The summed E-state index contributed by atoms with van der Waals surface area (Å²) in [6, 6.07) is 3.77. The fourth-order valence-electron chi connectivity index (χ4n) is 2.78. The van der Waals surface area contributed by atoms with Gasteiger partial charge >= 0.3 is 0 Å². The van der Waals surface area contributed by atoms with Gasteiger partial charge in [-0.2, -0.15) is 0 Å². The van der Waals surface area contributed by atoms with Crippen LogP contribution >= 0.6 is 0 Å². The predicted molar refractivity (Wildman–Crippen MR) is 73.1 cm³/mol. The lowest BCUT2D eigenvalue weighted by molar-refractivity contribution is -0.134. The van der Waals surface area contributed by atoms with E-state index in [9.17, 15) is 13.6 Å². The van der Waals surface area contributed by atoms with Crippen LogP contribution in [-0.2, 0) is 11.2 Å². The molecule has 0 spiro atoms. The minimum absolute atomic E-state index is 0.107. The monoisotopic (exact) mass is 282 g/mol. The van der Waals surface area contributed by atoms with Gasteiger partial charge in [0.2, 0.25) is 5.91 Å². The first-order chi connectivity index (χ1) is 9.63. The summed E-state index contributed by atoms with van der Waals surface area (Å²) in [4.78, 5) is 14.0. The maximum atomic E-state index is 13.6. The van der Waals surface area contributed by atoms with Crippen LogP contribution in [0.5, 0.6) is 0 Å². The molecule has 2 N–H and O–H groups in total. The van der Waals surface area contributed by atoms with Crippen LogP contribution < -0.4 is 5.73 Å². The second-order valence-corrected chi connectivity index (χ2v) is 5.19. The zero-order valence-corrected chi connectivity index (χ0v) is 11.4. The summed E-state index contributed by atoms with van der Waals surface area (Å²) in [7, 11) is 0. The van der Waals surface area contributed by atoms with Gasteiger partial charge in [0.25, 0.3) is 0 Å². The number of piperidine rings is 1. The average molecular weight is 282 g/mol. The molecule has 1 atom stereocenters. The van der Waals surface area contributed by atoms with Gasteiger partial charge in [-0.25, -0.2) is 8.78 Å². The van der Waals surface area contributed by atoms with Crippen molar-refractivity contribution in [2.75, 3.05) is 13.1 Å². The highest BCUT2D eigenvalue weighted by Crippen LogP contribution is 2.21. The van der Waals surface area contributed by atoms with Gasteiger partial charge in [-0.3, -0.25) is 4.79 Å². The van der Waals surface area contributed by atoms with E-state index in [1.54, 1.807) is 4.90 Å². The molecule has 110 valence electrons. The van der Waals surface area contributed by atoms with Crippen molar-refractivity contribution in [1.29, 1.82) is 0 Å². The van der Waals surface area contributed by atoms with Crippen LogP contribution in [0.15, 0.2) is 18.2 Å². The highest BCUT2D eigenvalue weighted by atomic mass is 19.1. The highest BCUT2D eigenvalue weighted by Gasteiger charge is 2.27. The fourth-order valence-corrected chi connectivity index (χ4v) is 2.78. The number of benzene rings is 1. The van der Waals surface area contributed by atoms with E-state index in [1.807, 2.05) is 0 Å². The van der Waals surface area contributed by atoms with Crippen molar-refractivity contribution in [2.45, 2.75) is 38.1 Å². The van der Waals surface area contributed by atoms with Gasteiger partial charge in [0, 0.05) is 18.2 Å². The van der Waals surface area contributed by atoms with E-state index in [2.05, 4.69) is 0 Å².